The molecule has 21 heavy (non-hydrogen) atoms. The summed E-state index contributed by atoms with van der Waals surface area (Å²) in [6.07, 6.45) is 4.96. The Hall–Kier alpha value is -0.320. The fourth-order valence-electron chi connectivity index (χ4n) is 1.91. The third-order valence-corrected chi connectivity index (χ3v) is 4.37. The molecule has 0 spiro atoms. The summed E-state index contributed by atoms with van der Waals surface area (Å²) in [6.45, 7) is 6.76. The van der Waals surface area contributed by atoms with Crippen molar-refractivity contribution in [3.63, 3.8) is 0 Å². The van der Waals surface area contributed by atoms with Gasteiger partial charge in [0.05, 0.1) is 6.10 Å². The van der Waals surface area contributed by atoms with Gasteiger partial charge < -0.3 is 4.74 Å². The van der Waals surface area contributed by atoms with Crippen molar-refractivity contribution in [3.8, 4) is 0 Å². The lowest BCUT2D eigenvalue weighted by molar-refractivity contribution is -0.146. The van der Waals surface area contributed by atoms with Crippen LogP contribution >= 0.6 is 11.8 Å². The second-order valence-electron chi connectivity index (χ2n) is 5.87. The Morgan fingerprint density at radius 3 is 2.38 bits per heavy atom. The largest absolute Gasteiger partial charge is 0.462 e. The summed E-state index contributed by atoms with van der Waals surface area (Å²) >= 11 is 1.61. The molecule has 0 aromatic carbocycles. The second kappa shape index (κ2) is 11.3. The van der Waals surface area contributed by atoms with Crippen LogP contribution in [0.2, 0.25) is 0 Å². The van der Waals surface area contributed by atoms with Crippen LogP contribution in [0, 0.1) is 0 Å². The maximum atomic E-state index is 12.7. The van der Waals surface area contributed by atoms with Crippen LogP contribution in [0.1, 0.15) is 72.6 Å². The molecule has 0 saturated carbocycles. The van der Waals surface area contributed by atoms with E-state index in [-0.39, 0.29) is 23.7 Å². The van der Waals surface area contributed by atoms with Crippen LogP contribution in [-0.4, -0.2) is 29.0 Å². The normalized spacial score (nSPS) is 13.5. The quantitative estimate of drug-likeness (QED) is 0.353. The lowest BCUT2D eigenvalue weighted by atomic mass is 10.1. The first-order chi connectivity index (χ1) is 9.76. The average molecular weight is 324 g/mol. The van der Waals surface area contributed by atoms with Gasteiger partial charge in [-0.3, -0.25) is 4.79 Å². The van der Waals surface area contributed by atoms with Crippen molar-refractivity contribution in [3.05, 3.63) is 0 Å². The Morgan fingerprint density at radius 2 is 1.86 bits per heavy atom. The van der Waals surface area contributed by atoms with Crippen LogP contribution in [-0.2, 0) is 9.53 Å². The zero-order valence-electron chi connectivity index (χ0n) is 13.8. The van der Waals surface area contributed by atoms with Gasteiger partial charge in [0.1, 0.15) is 5.25 Å². The lowest BCUT2D eigenvalue weighted by Gasteiger charge is -2.17. The zero-order chi connectivity index (χ0) is 16.3. The summed E-state index contributed by atoms with van der Waals surface area (Å²) in [7, 11) is 0. The highest BCUT2D eigenvalue weighted by Crippen LogP contribution is 2.23. The third-order valence-electron chi connectivity index (χ3n) is 3.01. The molecule has 0 bridgehead atoms. The number of ether oxygens (including phenoxy) is 1. The predicted molar refractivity (Wildman–Crippen MR) is 86.1 cm³/mol. The van der Waals surface area contributed by atoms with Crippen molar-refractivity contribution in [2.75, 3.05) is 5.75 Å². The molecule has 0 aliphatic carbocycles. The number of alkyl halides is 2. The first-order valence-corrected chi connectivity index (χ1v) is 9.01. The number of hydrogen-bond acceptors (Lipinski definition) is 3. The van der Waals surface area contributed by atoms with Crippen LogP contribution in [0.4, 0.5) is 8.78 Å². The Bertz CT molecular complexity index is 278. The Labute approximate surface area is 132 Å². The number of carbonyl (C=O) groups excluding carboxylic acids is 1. The van der Waals surface area contributed by atoms with Crippen molar-refractivity contribution < 1.29 is 18.3 Å². The molecule has 0 rings (SSSR count). The monoisotopic (exact) mass is 324 g/mol. The summed E-state index contributed by atoms with van der Waals surface area (Å²) in [4.78, 5) is 12.0. The number of esters is 1. The summed E-state index contributed by atoms with van der Waals surface area (Å²) in [6, 6.07) is 0. The molecular weight excluding hydrogens is 294 g/mol. The average Bonchev–Trinajstić information content (AvgIpc) is 2.34. The second-order valence-corrected chi connectivity index (χ2v) is 7.18. The fraction of sp³-hybridized carbons (Fsp3) is 0.938. The first kappa shape index (κ1) is 20.7. The van der Waals surface area contributed by atoms with E-state index in [4.69, 9.17) is 4.74 Å². The number of rotatable bonds is 12. The van der Waals surface area contributed by atoms with E-state index in [2.05, 4.69) is 6.92 Å². The maximum Gasteiger partial charge on any atom is 0.319 e. The van der Waals surface area contributed by atoms with Crippen molar-refractivity contribution in [1.29, 1.82) is 0 Å². The lowest BCUT2D eigenvalue weighted by Crippen LogP contribution is -2.23. The van der Waals surface area contributed by atoms with E-state index in [0.717, 1.165) is 44.8 Å². The molecule has 1 atom stereocenters. The molecule has 1 unspecified atom stereocenters. The Morgan fingerprint density at radius 1 is 1.19 bits per heavy atom. The van der Waals surface area contributed by atoms with Crippen molar-refractivity contribution >= 4 is 17.7 Å². The van der Waals surface area contributed by atoms with Crippen molar-refractivity contribution in [2.24, 2.45) is 0 Å². The smallest absolute Gasteiger partial charge is 0.319 e. The number of halogens is 2. The molecule has 0 aliphatic heterocycles. The highest BCUT2D eigenvalue weighted by atomic mass is 32.2. The molecule has 2 nitrogen and oxygen atoms in total. The van der Waals surface area contributed by atoms with Gasteiger partial charge in [-0.15, -0.1) is 11.8 Å². The molecule has 0 N–H and O–H groups in total. The highest BCUT2D eigenvalue weighted by Gasteiger charge is 2.21. The molecule has 126 valence electrons. The molecule has 0 radical (unpaired) electrons. The van der Waals surface area contributed by atoms with Gasteiger partial charge >= 0.3 is 5.97 Å². The molecule has 0 heterocycles. The molecule has 0 aromatic heterocycles. The fourth-order valence-corrected chi connectivity index (χ4v) is 3.09. The minimum Gasteiger partial charge on any atom is -0.462 e. The predicted octanol–water partition coefficient (Wildman–Crippen LogP) is 5.45. The van der Waals surface area contributed by atoms with Crippen LogP contribution in [0.15, 0.2) is 0 Å². The van der Waals surface area contributed by atoms with E-state index < -0.39 is 5.92 Å². The summed E-state index contributed by atoms with van der Waals surface area (Å²) < 4.78 is 30.6. The minimum atomic E-state index is -2.56. The van der Waals surface area contributed by atoms with Crippen LogP contribution in [0.3, 0.4) is 0 Å². The van der Waals surface area contributed by atoms with E-state index in [1.54, 1.807) is 11.8 Å². The number of unbranched alkanes of at least 4 members (excludes halogenated alkanes) is 3. The summed E-state index contributed by atoms with van der Waals surface area (Å²) in [5, 5.41) is -0.111. The van der Waals surface area contributed by atoms with Gasteiger partial charge in [0.15, 0.2) is 0 Å². The molecule has 0 aliphatic rings. The van der Waals surface area contributed by atoms with E-state index in [0.29, 0.717) is 6.42 Å². The summed E-state index contributed by atoms with van der Waals surface area (Å²) in [5.74, 6) is -1.86. The van der Waals surface area contributed by atoms with Crippen LogP contribution < -0.4 is 0 Å². The highest BCUT2D eigenvalue weighted by molar-refractivity contribution is 8.00. The number of hydrogen-bond donors (Lipinski definition) is 0. The SMILES string of the molecule is CCCCC(SCCCCCC(C)(F)F)C(=O)OC(C)C. The standard InChI is InChI=1S/C16H30F2O2S/c1-5-6-10-14(15(19)20-13(2)3)21-12-9-7-8-11-16(4,17)18/h13-14H,5-12H2,1-4H3. The van der Waals surface area contributed by atoms with Crippen molar-refractivity contribution in [1.82, 2.24) is 0 Å². The van der Waals surface area contributed by atoms with E-state index in [9.17, 15) is 13.6 Å². The van der Waals surface area contributed by atoms with Gasteiger partial charge in [-0.05, 0) is 45.8 Å². The first-order valence-electron chi connectivity index (χ1n) is 7.96. The van der Waals surface area contributed by atoms with Gasteiger partial charge in [0.2, 0.25) is 5.92 Å². The van der Waals surface area contributed by atoms with E-state index >= 15 is 0 Å². The number of carbonyl (C=O) groups is 1. The van der Waals surface area contributed by atoms with E-state index in [1.807, 2.05) is 13.8 Å². The summed E-state index contributed by atoms with van der Waals surface area (Å²) in [5.41, 5.74) is 0. The topological polar surface area (TPSA) is 26.3 Å². The third kappa shape index (κ3) is 13.1. The van der Waals surface area contributed by atoms with Gasteiger partial charge in [0, 0.05) is 6.42 Å². The molecule has 5 heteroatoms. The molecule has 0 aromatic rings. The molecule has 0 fully saturated rings. The van der Waals surface area contributed by atoms with Gasteiger partial charge in [-0.2, -0.15) is 0 Å². The van der Waals surface area contributed by atoms with Crippen LogP contribution in [0.5, 0.6) is 0 Å². The maximum absolute atomic E-state index is 12.7. The molecule has 0 amide bonds. The van der Waals surface area contributed by atoms with Gasteiger partial charge in [-0.25, -0.2) is 8.78 Å². The van der Waals surface area contributed by atoms with Crippen LogP contribution in [0.25, 0.3) is 0 Å². The minimum absolute atomic E-state index is 0.0493. The van der Waals surface area contributed by atoms with Crippen molar-refractivity contribution in [2.45, 2.75) is 89.9 Å². The zero-order valence-corrected chi connectivity index (χ0v) is 14.6. The number of thioether (sulfide) groups is 1. The van der Waals surface area contributed by atoms with Gasteiger partial charge in [-0.1, -0.05) is 26.2 Å². The van der Waals surface area contributed by atoms with E-state index in [1.165, 1.54) is 0 Å². The Balaban J connectivity index is 3.93. The molecule has 0 saturated heterocycles. The van der Waals surface area contributed by atoms with Gasteiger partial charge in [0.25, 0.3) is 0 Å². The molecular formula is C16H30F2O2S. The Kier molecular flexibility index (Phi) is 11.1.